The lowest BCUT2D eigenvalue weighted by Gasteiger charge is -2.09. The topological polar surface area (TPSA) is 128 Å². The van der Waals surface area contributed by atoms with E-state index in [2.05, 4.69) is 10.3 Å². The van der Waals surface area contributed by atoms with Crippen LogP contribution < -0.4 is 16.8 Å². The number of hydrogen-bond acceptors (Lipinski definition) is 5. The van der Waals surface area contributed by atoms with E-state index in [9.17, 15) is 14.4 Å². The number of para-hydroxylation sites is 1. The van der Waals surface area contributed by atoms with Crippen LogP contribution >= 0.6 is 0 Å². The normalized spacial score (nSPS) is 11.9. The van der Waals surface area contributed by atoms with Crippen LogP contribution in [0.3, 0.4) is 0 Å². The summed E-state index contributed by atoms with van der Waals surface area (Å²) in [4.78, 5) is 38.4. The van der Waals surface area contributed by atoms with Gasteiger partial charge in [0.25, 0.3) is 5.91 Å². The molecule has 21 heavy (non-hydrogen) atoms. The molecule has 0 aliphatic rings. The smallest absolute Gasteiger partial charge is 0.276 e. The molecule has 108 valence electrons. The third-order valence-electron chi connectivity index (χ3n) is 2.83. The van der Waals surface area contributed by atoms with Crippen LogP contribution in [-0.2, 0) is 9.59 Å². The maximum absolute atomic E-state index is 11.9. The molecule has 1 aromatic carbocycles. The number of rotatable bonds is 4. The van der Waals surface area contributed by atoms with Crippen molar-refractivity contribution < 1.29 is 14.4 Å². The first kappa shape index (κ1) is 14.6. The second-order valence-electron chi connectivity index (χ2n) is 4.48. The summed E-state index contributed by atoms with van der Waals surface area (Å²) in [6.45, 7) is 0. The van der Waals surface area contributed by atoms with Crippen LogP contribution in [0.15, 0.2) is 36.4 Å². The van der Waals surface area contributed by atoms with E-state index < -0.39 is 23.8 Å². The third kappa shape index (κ3) is 3.61. The Bertz CT molecular complexity index is 714. The Balaban J connectivity index is 2.11. The van der Waals surface area contributed by atoms with E-state index >= 15 is 0 Å². The number of nitrogens with two attached hydrogens (primary N) is 2. The molecule has 0 aliphatic heterocycles. The SMILES string of the molecule is NC(=O)CC(N)C(=O)NC(=O)c1ccc2ccccc2n1. The number of aromatic nitrogens is 1. The van der Waals surface area contributed by atoms with Crippen LogP contribution in [-0.4, -0.2) is 28.7 Å². The van der Waals surface area contributed by atoms with Crippen molar-refractivity contribution in [3.8, 4) is 0 Å². The number of fused-ring (bicyclic) bond motifs is 1. The molecule has 2 rings (SSSR count). The van der Waals surface area contributed by atoms with Gasteiger partial charge in [0.1, 0.15) is 5.69 Å². The number of pyridine rings is 1. The monoisotopic (exact) mass is 286 g/mol. The number of hydrogen-bond donors (Lipinski definition) is 3. The number of benzene rings is 1. The molecule has 1 aromatic heterocycles. The molecular weight excluding hydrogens is 272 g/mol. The first-order valence-corrected chi connectivity index (χ1v) is 6.22. The highest BCUT2D eigenvalue weighted by Gasteiger charge is 2.19. The van der Waals surface area contributed by atoms with Gasteiger partial charge < -0.3 is 11.5 Å². The molecule has 7 nitrogen and oxygen atoms in total. The summed E-state index contributed by atoms with van der Waals surface area (Å²) in [5, 5.41) is 2.97. The molecule has 0 fully saturated rings. The van der Waals surface area contributed by atoms with Gasteiger partial charge in [0, 0.05) is 5.39 Å². The largest absolute Gasteiger partial charge is 0.370 e. The van der Waals surface area contributed by atoms with Crippen LogP contribution in [0, 0.1) is 0 Å². The predicted molar refractivity (Wildman–Crippen MR) is 76.0 cm³/mol. The van der Waals surface area contributed by atoms with Gasteiger partial charge in [-0.2, -0.15) is 0 Å². The molecular formula is C14H14N4O3. The quantitative estimate of drug-likeness (QED) is 0.710. The van der Waals surface area contributed by atoms with Crippen molar-refractivity contribution in [1.29, 1.82) is 0 Å². The van der Waals surface area contributed by atoms with Gasteiger partial charge in [-0.3, -0.25) is 19.7 Å². The van der Waals surface area contributed by atoms with E-state index in [-0.39, 0.29) is 12.1 Å². The Kier molecular flexibility index (Phi) is 4.24. The minimum atomic E-state index is -1.16. The summed E-state index contributed by atoms with van der Waals surface area (Å²) >= 11 is 0. The van der Waals surface area contributed by atoms with E-state index in [0.717, 1.165) is 5.39 Å². The summed E-state index contributed by atoms with van der Waals surface area (Å²) < 4.78 is 0. The molecule has 0 spiro atoms. The standard InChI is InChI=1S/C14H14N4O3/c15-9(7-12(16)19)13(20)18-14(21)11-6-5-8-3-1-2-4-10(8)17-11/h1-6,9H,7,15H2,(H2,16,19)(H,18,20,21). The predicted octanol–water partition coefficient (Wildman–Crippen LogP) is -0.306. The Labute approximate surface area is 120 Å². The highest BCUT2D eigenvalue weighted by atomic mass is 16.2. The summed E-state index contributed by atoms with van der Waals surface area (Å²) in [5.74, 6) is -2.16. The average Bonchev–Trinajstić information content (AvgIpc) is 2.45. The van der Waals surface area contributed by atoms with Gasteiger partial charge in [0.15, 0.2) is 0 Å². The Morgan fingerprint density at radius 2 is 1.86 bits per heavy atom. The number of nitrogens with one attached hydrogen (secondary N) is 1. The molecule has 3 amide bonds. The molecule has 0 saturated heterocycles. The molecule has 7 heteroatoms. The van der Waals surface area contributed by atoms with Gasteiger partial charge >= 0.3 is 0 Å². The second kappa shape index (κ2) is 6.10. The van der Waals surface area contributed by atoms with Crippen molar-refractivity contribution in [2.75, 3.05) is 0 Å². The van der Waals surface area contributed by atoms with Crippen molar-refractivity contribution in [1.82, 2.24) is 10.3 Å². The highest BCUT2D eigenvalue weighted by Crippen LogP contribution is 2.11. The summed E-state index contributed by atoms with van der Waals surface area (Å²) in [5.41, 5.74) is 11.1. The first-order valence-electron chi connectivity index (χ1n) is 6.22. The first-order chi connectivity index (χ1) is 9.97. The van der Waals surface area contributed by atoms with E-state index in [1.165, 1.54) is 6.07 Å². The summed E-state index contributed by atoms with van der Waals surface area (Å²) in [6, 6.07) is 9.34. The van der Waals surface area contributed by atoms with E-state index in [1.54, 1.807) is 18.2 Å². The van der Waals surface area contributed by atoms with Gasteiger partial charge in [0.05, 0.1) is 18.0 Å². The fourth-order valence-corrected chi connectivity index (χ4v) is 1.77. The molecule has 2 aromatic rings. The summed E-state index contributed by atoms with van der Waals surface area (Å²) in [7, 11) is 0. The van der Waals surface area contributed by atoms with Gasteiger partial charge in [-0.25, -0.2) is 4.98 Å². The Hall–Kier alpha value is -2.80. The van der Waals surface area contributed by atoms with E-state index in [1.807, 2.05) is 12.1 Å². The zero-order valence-electron chi connectivity index (χ0n) is 11.1. The third-order valence-corrected chi connectivity index (χ3v) is 2.83. The molecule has 0 aliphatic carbocycles. The number of primary amides is 1. The van der Waals surface area contributed by atoms with Crippen LogP contribution in [0.4, 0.5) is 0 Å². The highest BCUT2D eigenvalue weighted by molar-refractivity contribution is 6.06. The second-order valence-corrected chi connectivity index (χ2v) is 4.48. The molecule has 0 saturated carbocycles. The van der Waals surface area contributed by atoms with Gasteiger partial charge in [0.2, 0.25) is 11.8 Å². The number of imide groups is 1. The van der Waals surface area contributed by atoms with Crippen molar-refractivity contribution in [2.45, 2.75) is 12.5 Å². The zero-order valence-corrected chi connectivity index (χ0v) is 11.1. The van der Waals surface area contributed by atoms with Crippen molar-refractivity contribution >= 4 is 28.6 Å². The average molecular weight is 286 g/mol. The van der Waals surface area contributed by atoms with Crippen molar-refractivity contribution in [2.24, 2.45) is 11.5 Å². The molecule has 5 N–H and O–H groups in total. The fraction of sp³-hybridized carbons (Fsp3) is 0.143. The van der Waals surface area contributed by atoms with Crippen LogP contribution in [0.2, 0.25) is 0 Å². The number of amides is 3. The maximum atomic E-state index is 11.9. The molecule has 0 bridgehead atoms. The van der Waals surface area contributed by atoms with Crippen LogP contribution in [0.5, 0.6) is 0 Å². The molecule has 1 atom stereocenters. The minimum absolute atomic E-state index is 0.0910. The maximum Gasteiger partial charge on any atom is 0.276 e. The van der Waals surface area contributed by atoms with Gasteiger partial charge in [-0.05, 0) is 12.1 Å². The van der Waals surface area contributed by atoms with Crippen molar-refractivity contribution in [3.63, 3.8) is 0 Å². The Morgan fingerprint density at radius 3 is 2.57 bits per heavy atom. The fourth-order valence-electron chi connectivity index (χ4n) is 1.77. The molecule has 1 heterocycles. The van der Waals surface area contributed by atoms with E-state index in [4.69, 9.17) is 11.5 Å². The summed E-state index contributed by atoms with van der Waals surface area (Å²) in [6.07, 6.45) is -0.329. The lowest BCUT2D eigenvalue weighted by molar-refractivity contribution is -0.125. The van der Waals surface area contributed by atoms with Gasteiger partial charge in [-0.1, -0.05) is 24.3 Å². The number of nitrogens with zero attached hydrogens (tertiary/aromatic N) is 1. The minimum Gasteiger partial charge on any atom is -0.370 e. The zero-order chi connectivity index (χ0) is 15.4. The van der Waals surface area contributed by atoms with Gasteiger partial charge in [-0.15, -0.1) is 0 Å². The molecule has 0 radical (unpaired) electrons. The Morgan fingerprint density at radius 1 is 1.14 bits per heavy atom. The molecule has 1 unspecified atom stereocenters. The number of carbonyl (C=O) groups is 3. The van der Waals surface area contributed by atoms with E-state index in [0.29, 0.717) is 5.52 Å². The number of carbonyl (C=O) groups excluding carboxylic acids is 3. The van der Waals surface area contributed by atoms with Crippen molar-refractivity contribution in [3.05, 3.63) is 42.1 Å². The lowest BCUT2D eigenvalue weighted by Crippen LogP contribution is -2.45. The van der Waals surface area contributed by atoms with Crippen LogP contribution in [0.25, 0.3) is 10.9 Å². The van der Waals surface area contributed by atoms with Crippen LogP contribution in [0.1, 0.15) is 16.9 Å². The lowest BCUT2D eigenvalue weighted by atomic mass is 10.2.